The van der Waals surface area contributed by atoms with Crippen molar-refractivity contribution in [2.45, 2.75) is 39.5 Å². The summed E-state index contributed by atoms with van der Waals surface area (Å²) in [4.78, 5) is 29.6. The van der Waals surface area contributed by atoms with Gasteiger partial charge in [-0.05, 0) is 49.6 Å². The zero-order valence-electron chi connectivity index (χ0n) is 16.0. The second-order valence-electron chi connectivity index (χ2n) is 7.53. The van der Waals surface area contributed by atoms with Gasteiger partial charge in [0.2, 0.25) is 0 Å². The molecule has 0 radical (unpaired) electrons. The van der Waals surface area contributed by atoms with E-state index in [-0.39, 0.29) is 6.03 Å². The van der Waals surface area contributed by atoms with Crippen molar-refractivity contribution in [1.29, 1.82) is 0 Å². The lowest BCUT2D eigenvalue weighted by atomic mass is 9.98. The van der Waals surface area contributed by atoms with Gasteiger partial charge in [0.1, 0.15) is 11.4 Å². The molecule has 1 aromatic carbocycles. The molecule has 7 nitrogen and oxygen atoms in total. The lowest BCUT2D eigenvalue weighted by Gasteiger charge is -2.27. The van der Waals surface area contributed by atoms with E-state index < -0.39 is 11.7 Å². The van der Waals surface area contributed by atoms with Crippen LogP contribution in [0.15, 0.2) is 36.5 Å². The minimum absolute atomic E-state index is 0.164. The highest BCUT2D eigenvalue weighted by atomic mass is 16.6. The second-order valence-corrected chi connectivity index (χ2v) is 7.53. The number of anilines is 1. The third-order valence-electron chi connectivity index (χ3n) is 4.10. The summed E-state index contributed by atoms with van der Waals surface area (Å²) in [5.74, 6) is 0.591. The molecule has 27 heavy (non-hydrogen) atoms. The Morgan fingerprint density at radius 3 is 2.85 bits per heavy atom. The maximum atomic E-state index is 11.9. The molecule has 0 bridgehead atoms. The van der Waals surface area contributed by atoms with E-state index in [9.17, 15) is 9.59 Å². The van der Waals surface area contributed by atoms with E-state index in [1.165, 1.54) is 0 Å². The predicted molar refractivity (Wildman–Crippen MR) is 103 cm³/mol. The number of alkyl carbamates (subject to hydrolysis) is 1. The molecule has 1 aliphatic rings. The zero-order chi connectivity index (χ0) is 19.6. The number of pyridine rings is 1. The minimum Gasteiger partial charge on any atom is -0.444 e. The normalized spacial score (nSPS) is 13.6. The number of hydrogen-bond donors (Lipinski definition) is 2. The first kappa shape index (κ1) is 18.7. The van der Waals surface area contributed by atoms with Crippen LogP contribution in [0.3, 0.4) is 0 Å². The van der Waals surface area contributed by atoms with Crippen LogP contribution in [0, 0.1) is 0 Å². The van der Waals surface area contributed by atoms with E-state index in [0.29, 0.717) is 18.9 Å². The maximum Gasteiger partial charge on any atom is 0.407 e. The van der Waals surface area contributed by atoms with Crippen LogP contribution < -0.4 is 10.6 Å². The fraction of sp³-hybridized carbons (Fsp3) is 0.350. The number of amides is 3. The molecule has 7 heteroatoms. The van der Waals surface area contributed by atoms with Gasteiger partial charge in [-0.3, -0.25) is 5.32 Å². The number of nitrogens with zero attached hydrogens (tertiary/aromatic N) is 2. The highest BCUT2D eigenvalue weighted by Gasteiger charge is 2.23. The van der Waals surface area contributed by atoms with Gasteiger partial charge >= 0.3 is 12.1 Å². The molecule has 2 aromatic rings. The molecular weight excluding hydrogens is 344 g/mol. The molecule has 0 aliphatic carbocycles. The summed E-state index contributed by atoms with van der Waals surface area (Å²) in [6, 6.07) is 9.68. The van der Waals surface area contributed by atoms with Crippen LogP contribution in [0.1, 0.15) is 31.9 Å². The van der Waals surface area contributed by atoms with Crippen molar-refractivity contribution in [3.05, 3.63) is 47.7 Å². The summed E-state index contributed by atoms with van der Waals surface area (Å²) >= 11 is 0. The third-order valence-corrected chi connectivity index (χ3v) is 4.10. The van der Waals surface area contributed by atoms with Crippen molar-refractivity contribution >= 4 is 17.9 Å². The molecule has 142 valence electrons. The SMILES string of the molecule is CN1Cc2c(-c3cccc(CNC(=O)OC(C)(C)C)c3)ccnc2NC1=O. The first-order valence-corrected chi connectivity index (χ1v) is 8.79. The van der Waals surface area contributed by atoms with Crippen molar-refractivity contribution in [2.75, 3.05) is 12.4 Å². The Labute approximate surface area is 158 Å². The molecule has 0 unspecified atom stereocenters. The zero-order valence-corrected chi connectivity index (χ0v) is 16.0. The average Bonchev–Trinajstić information content (AvgIpc) is 2.59. The summed E-state index contributed by atoms with van der Waals surface area (Å²) < 4.78 is 5.27. The third kappa shape index (κ3) is 4.55. The Balaban J connectivity index is 1.80. The van der Waals surface area contributed by atoms with Gasteiger partial charge in [0.05, 0.1) is 6.54 Å². The lowest BCUT2D eigenvalue weighted by Crippen LogP contribution is -2.36. The standard InChI is InChI=1S/C20H24N4O3/c1-20(2,3)27-19(26)22-11-13-6-5-7-14(10-13)15-8-9-21-17-16(15)12-24(4)18(25)23-17/h5-10H,11-12H2,1-4H3,(H,22,26)(H,21,23,25). The molecule has 3 rings (SSSR count). The molecule has 0 spiro atoms. The van der Waals surface area contributed by atoms with Gasteiger partial charge in [-0.1, -0.05) is 18.2 Å². The van der Waals surface area contributed by atoms with Gasteiger partial charge in [-0.25, -0.2) is 14.6 Å². The van der Waals surface area contributed by atoms with Gasteiger partial charge in [-0.2, -0.15) is 0 Å². The quantitative estimate of drug-likeness (QED) is 0.864. The summed E-state index contributed by atoms with van der Waals surface area (Å²) in [6.07, 6.45) is 1.24. The molecule has 2 heterocycles. The Morgan fingerprint density at radius 1 is 1.33 bits per heavy atom. The van der Waals surface area contributed by atoms with Crippen LogP contribution in [-0.2, 0) is 17.8 Å². The number of carbonyl (C=O) groups is 2. The van der Waals surface area contributed by atoms with Crippen LogP contribution in [0.5, 0.6) is 0 Å². The monoisotopic (exact) mass is 368 g/mol. The first-order valence-electron chi connectivity index (χ1n) is 8.79. The van der Waals surface area contributed by atoms with Gasteiger partial charge in [0, 0.05) is 25.4 Å². The molecule has 0 atom stereocenters. The van der Waals surface area contributed by atoms with E-state index in [4.69, 9.17) is 4.74 Å². The van der Waals surface area contributed by atoms with Gasteiger partial charge in [0.25, 0.3) is 0 Å². The van der Waals surface area contributed by atoms with E-state index in [1.807, 2.05) is 51.1 Å². The fourth-order valence-corrected chi connectivity index (χ4v) is 2.87. The van der Waals surface area contributed by atoms with Crippen LogP contribution >= 0.6 is 0 Å². The maximum absolute atomic E-state index is 11.9. The molecule has 2 N–H and O–H groups in total. The topological polar surface area (TPSA) is 83.6 Å². The van der Waals surface area contributed by atoms with Crippen molar-refractivity contribution in [3.8, 4) is 11.1 Å². The van der Waals surface area contributed by atoms with Crippen LogP contribution in [-0.4, -0.2) is 34.7 Å². The number of rotatable bonds is 3. The van der Waals surface area contributed by atoms with Gasteiger partial charge < -0.3 is 15.0 Å². The van der Waals surface area contributed by atoms with E-state index in [2.05, 4.69) is 15.6 Å². The molecule has 3 amide bonds. The number of carbonyl (C=O) groups excluding carboxylic acids is 2. The number of hydrogen-bond acceptors (Lipinski definition) is 4. The van der Waals surface area contributed by atoms with Gasteiger partial charge in [0.15, 0.2) is 0 Å². The molecule has 1 aromatic heterocycles. The Morgan fingerprint density at radius 2 is 2.11 bits per heavy atom. The molecule has 1 aliphatic heterocycles. The Kier molecular flexibility index (Phi) is 5.03. The first-order chi connectivity index (χ1) is 12.7. The van der Waals surface area contributed by atoms with Crippen molar-refractivity contribution < 1.29 is 14.3 Å². The van der Waals surface area contributed by atoms with Gasteiger partial charge in [-0.15, -0.1) is 0 Å². The summed E-state index contributed by atoms with van der Waals surface area (Å²) in [5, 5.41) is 5.57. The van der Waals surface area contributed by atoms with Crippen LogP contribution in [0.2, 0.25) is 0 Å². The number of ether oxygens (including phenoxy) is 1. The largest absolute Gasteiger partial charge is 0.444 e. The highest BCUT2D eigenvalue weighted by molar-refractivity contribution is 5.92. The fourth-order valence-electron chi connectivity index (χ4n) is 2.87. The Bertz CT molecular complexity index is 874. The van der Waals surface area contributed by atoms with Crippen LogP contribution in [0.4, 0.5) is 15.4 Å². The number of nitrogens with one attached hydrogen (secondary N) is 2. The number of aromatic nitrogens is 1. The van der Waals surface area contributed by atoms with E-state index >= 15 is 0 Å². The van der Waals surface area contributed by atoms with Crippen molar-refractivity contribution in [1.82, 2.24) is 15.2 Å². The second kappa shape index (κ2) is 7.26. The average molecular weight is 368 g/mol. The Hall–Kier alpha value is -3.09. The highest BCUT2D eigenvalue weighted by Crippen LogP contribution is 2.31. The molecule has 0 fully saturated rings. The van der Waals surface area contributed by atoms with Crippen LogP contribution in [0.25, 0.3) is 11.1 Å². The molecule has 0 saturated carbocycles. The van der Waals surface area contributed by atoms with Crippen molar-refractivity contribution in [2.24, 2.45) is 0 Å². The molecular formula is C20H24N4O3. The van der Waals surface area contributed by atoms with E-state index in [0.717, 1.165) is 22.3 Å². The number of urea groups is 1. The predicted octanol–water partition coefficient (Wildman–Crippen LogP) is 3.75. The minimum atomic E-state index is -0.529. The number of benzene rings is 1. The summed E-state index contributed by atoms with van der Waals surface area (Å²) in [6.45, 7) is 6.35. The number of fused-ring (bicyclic) bond motifs is 1. The summed E-state index contributed by atoms with van der Waals surface area (Å²) in [7, 11) is 1.75. The smallest absolute Gasteiger partial charge is 0.407 e. The lowest BCUT2D eigenvalue weighted by molar-refractivity contribution is 0.0523. The summed E-state index contributed by atoms with van der Waals surface area (Å²) in [5.41, 5.74) is 3.40. The van der Waals surface area contributed by atoms with E-state index in [1.54, 1.807) is 18.1 Å². The van der Waals surface area contributed by atoms with Crippen molar-refractivity contribution in [3.63, 3.8) is 0 Å². The molecule has 0 saturated heterocycles.